The summed E-state index contributed by atoms with van der Waals surface area (Å²) in [5.74, 6) is 0. The van der Waals surface area contributed by atoms with Crippen molar-refractivity contribution in [3.05, 3.63) is 16.4 Å². The molecule has 4 heteroatoms. The number of aromatic nitrogens is 2. The zero-order valence-electron chi connectivity index (χ0n) is 6.47. The van der Waals surface area contributed by atoms with Gasteiger partial charge in [0.1, 0.15) is 5.69 Å². The van der Waals surface area contributed by atoms with Crippen molar-refractivity contribution in [3.8, 4) is 0 Å². The standard InChI is InChI=1S/C7H9ClN2O/c1-3-10-6(4-11)7(8)5(2)9-10/h4H,3H2,1-2H3. The normalized spacial score (nSPS) is 10.1. The molecular weight excluding hydrogens is 164 g/mol. The zero-order chi connectivity index (χ0) is 8.43. The Bertz CT molecular complexity index is 280. The van der Waals surface area contributed by atoms with E-state index in [2.05, 4.69) is 5.10 Å². The van der Waals surface area contributed by atoms with Crippen molar-refractivity contribution in [1.82, 2.24) is 9.78 Å². The summed E-state index contributed by atoms with van der Waals surface area (Å²) in [5.41, 5.74) is 1.17. The molecule has 0 bridgehead atoms. The van der Waals surface area contributed by atoms with Crippen LogP contribution in [0.15, 0.2) is 0 Å². The third kappa shape index (κ3) is 1.28. The Kier molecular flexibility index (Phi) is 2.29. The van der Waals surface area contributed by atoms with E-state index in [-0.39, 0.29) is 0 Å². The van der Waals surface area contributed by atoms with E-state index in [4.69, 9.17) is 11.6 Å². The average molecular weight is 173 g/mol. The lowest BCUT2D eigenvalue weighted by molar-refractivity contribution is 0.111. The molecule has 1 aromatic heterocycles. The van der Waals surface area contributed by atoms with E-state index in [0.717, 1.165) is 6.29 Å². The van der Waals surface area contributed by atoms with Gasteiger partial charge in [-0.25, -0.2) is 0 Å². The van der Waals surface area contributed by atoms with Crippen molar-refractivity contribution >= 4 is 17.9 Å². The molecule has 11 heavy (non-hydrogen) atoms. The average Bonchev–Trinajstić information content (AvgIpc) is 2.28. The van der Waals surface area contributed by atoms with Gasteiger partial charge in [-0.05, 0) is 13.8 Å². The van der Waals surface area contributed by atoms with Crippen LogP contribution < -0.4 is 0 Å². The monoisotopic (exact) mass is 172 g/mol. The van der Waals surface area contributed by atoms with E-state index in [0.29, 0.717) is 23.0 Å². The lowest BCUT2D eigenvalue weighted by Crippen LogP contribution is -2.01. The van der Waals surface area contributed by atoms with Gasteiger partial charge in [-0.15, -0.1) is 0 Å². The molecule has 0 saturated carbocycles. The van der Waals surface area contributed by atoms with Crippen LogP contribution in [0.5, 0.6) is 0 Å². The molecule has 0 unspecified atom stereocenters. The molecule has 0 saturated heterocycles. The molecule has 60 valence electrons. The third-order valence-electron chi connectivity index (χ3n) is 1.50. The summed E-state index contributed by atoms with van der Waals surface area (Å²) in [5, 5.41) is 4.51. The van der Waals surface area contributed by atoms with Crippen LogP contribution in [0.3, 0.4) is 0 Å². The molecule has 0 aliphatic rings. The van der Waals surface area contributed by atoms with Gasteiger partial charge in [-0.3, -0.25) is 9.48 Å². The number of nitrogens with zero attached hydrogens (tertiary/aromatic N) is 2. The van der Waals surface area contributed by atoms with Crippen LogP contribution in [0.2, 0.25) is 5.02 Å². The highest BCUT2D eigenvalue weighted by molar-refractivity contribution is 6.33. The van der Waals surface area contributed by atoms with Gasteiger partial charge in [0, 0.05) is 6.54 Å². The molecule has 0 aromatic carbocycles. The van der Waals surface area contributed by atoms with Crippen molar-refractivity contribution in [2.75, 3.05) is 0 Å². The summed E-state index contributed by atoms with van der Waals surface area (Å²) >= 11 is 5.78. The Hall–Kier alpha value is -0.830. The van der Waals surface area contributed by atoms with E-state index >= 15 is 0 Å². The second kappa shape index (κ2) is 3.05. The first-order valence-corrected chi connectivity index (χ1v) is 3.76. The van der Waals surface area contributed by atoms with Gasteiger partial charge in [0.25, 0.3) is 0 Å². The van der Waals surface area contributed by atoms with Crippen molar-refractivity contribution in [1.29, 1.82) is 0 Å². The number of carbonyl (C=O) groups excluding carboxylic acids is 1. The smallest absolute Gasteiger partial charge is 0.169 e. The number of halogens is 1. The Morgan fingerprint density at radius 3 is 2.73 bits per heavy atom. The van der Waals surface area contributed by atoms with E-state index in [1.54, 1.807) is 11.6 Å². The summed E-state index contributed by atoms with van der Waals surface area (Å²) in [7, 11) is 0. The van der Waals surface area contributed by atoms with Crippen molar-refractivity contribution in [2.24, 2.45) is 0 Å². The fourth-order valence-corrected chi connectivity index (χ4v) is 1.11. The predicted octanol–water partition coefficient (Wildman–Crippen LogP) is 1.68. The van der Waals surface area contributed by atoms with Crippen LogP contribution in [0.1, 0.15) is 23.1 Å². The highest BCUT2D eigenvalue weighted by Crippen LogP contribution is 2.17. The highest BCUT2D eigenvalue weighted by Gasteiger charge is 2.10. The van der Waals surface area contributed by atoms with Gasteiger partial charge in [0.15, 0.2) is 6.29 Å². The van der Waals surface area contributed by atoms with Gasteiger partial charge in [-0.2, -0.15) is 5.10 Å². The van der Waals surface area contributed by atoms with Crippen LogP contribution in [-0.4, -0.2) is 16.1 Å². The number of aryl methyl sites for hydroxylation is 2. The molecule has 0 fully saturated rings. The Morgan fingerprint density at radius 1 is 1.73 bits per heavy atom. The molecule has 0 N–H and O–H groups in total. The molecule has 1 heterocycles. The molecular formula is C7H9ClN2O. The fourth-order valence-electron chi connectivity index (χ4n) is 0.931. The molecule has 0 atom stereocenters. The van der Waals surface area contributed by atoms with Crippen LogP contribution in [0, 0.1) is 6.92 Å². The highest BCUT2D eigenvalue weighted by atomic mass is 35.5. The number of hydrogen-bond donors (Lipinski definition) is 0. The molecule has 0 amide bonds. The quantitative estimate of drug-likeness (QED) is 0.637. The van der Waals surface area contributed by atoms with Crippen LogP contribution in [0.25, 0.3) is 0 Å². The summed E-state index contributed by atoms with van der Waals surface area (Å²) < 4.78 is 1.59. The number of carbonyl (C=O) groups is 1. The number of aldehydes is 1. The fraction of sp³-hybridized carbons (Fsp3) is 0.429. The summed E-state index contributed by atoms with van der Waals surface area (Å²) in [6, 6.07) is 0. The van der Waals surface area contributed by atoms with Crippen molar-refractivity contribution < 1.29 is 4.79 Å². The first-order chi connectivity index (χ1) is 5.20. The maximum absolute atomic E-state index is 10.5. The molecule has 1 aromatic rings. The van der Waals surface area contributed by atoms with Crippen LogP contribution in [-0.2, 0) is 6.54 Å². The molecule has 0 radical (unpaired) electrons. The second-order valence-corrected chi connectivity index (χ2v) is 2.60. The van der Waals surface area contributed by atoms with E-state index in [9.17, 15) is 4.79 Å². The van der Waals surface area contributed by atoms with E-state index < -0.39 is 0 Å². The first-order valence-electron chi connectivity index (χ1n) is 3.38. The van der Waals surface area contributed by atoms with Gasteiger partial charge < -0.3 is 0 Å². The van der Waals surface area contributed by atoms with Crippen molar-refractivity contribution in [3.63, 3.8) is 0 Å². The zero-order valence-corrected chi connectivity index (χ0v) is 7.22. The minimum atomic E-state index is 0.460. The summed E-state index contributed by atoms with van der Waals surface area (Å²) in [6.07, 6.45) is 0.728. The van der Waals surface area contributed by atoms with Gasteiger partial charge in [0.2, 0.25) is 0 Å². The molecule has 0 aliphatic heterocycles. The Morgan fingerprint density at radius 2 is 2.36 bits per heavy atom. The third-order valence-corrected chi connectivity index (χ3v) is 1.97. The van der Waals surface area contributed by atoms with Crippen LogP contribution >= 0.6 is 11.6 Å². The maximum Gasteiger partial charge on any atom is 0.169 e. The Balaban J connectivity index is 3.26. The number of hydrogen-bond acceptors (Lipinski definition) is 2. The largest absolute Gasteiger partial charge is 0.296 e. The predicted molar refractivity (Wildman–Crippen MR) is 43.0 cm³/mol. The summed E-state index contributed by atoms with van der Waals surface area (Å²) in [6.45, 7) is 4.36. The summed E-state index contributed by atoms with van der Waals surface area (Å²) in [4.78, 5) is 10.5. The minimum absolute atomic E-state index is 0.460. The lowest BCUT2D eigenvalue weighted by atomic mass is 10.4. The number of rotatable bonds is 2. The van der Waals surface area contributed by atoms with Gasteiger partial charge >= 0.3 is 0 Å². The SMILES string of the molecule is CCn1nc(C)c(Cl)c1C=O. The van der Waals surface area contributed by atoms with E-state index in [1.165, 1.54) is 0 Å². The van der Waals surface area contributed by atoms with Gasteiger partial charge in [0.05, 0.1) is 10.7 Å². The Labute approximate surface area is 70.0 Å². The topological polar surface area (TPSA) is 34.9 Å². The van der Waals surface area contributed by atoms with Crippen molar-refractivity contribution in [2.45, 2.75) is 20.4 Å². The molecule has 0 aliphatic carbocycles. The minimum Gasteiger partial charge on any atom is -0.296 e. The first kappa shape index (κ1) is 8.27. The van der Waals surface area contributed by atoms with E-state index in [1.807, 2.05) is 6.92 Å². The molecule has 1 rings (SSSR count). The van der Waals surface area contributed by atoms with Gasteiger partial charge in [-0.1, -0.05) is 11.6 Å². The van der Waals surface area contributed by atoms with Crippen LogP contribution in [0.4, 0.5) is 0 Å². The maximum atomic E-state index is 10.5. The molecule has 3 nitrogen and oxygen atoms in total. The second-order valence-electron chi connectivity index (χ2n) is 2.22. The molecule has 0 spiro atoms. The lowest BCUT2D eigenvalue weighted by Gasteiger charge is -1.95.